The van der Waals surface area contributed by atoms with Crippen molar-refractivity contribution in [3.63, 3.8) is 0 Å². The van der Waals surface area contributed by atoms with Gasteiger partial charge in [-0.1, -0.05) is 11.6 Å². The van der Waals surface area contributed by atoms with E-state index < -0.39 is 0 Å². The minimum absolute atomic E-state index is 0.0362. The molecule has 0 bridgehead atoms. The quantitative estimate of drug-likeness (QED) is 0.476. The smallest absolute Gasteiger partial charge is 0.242 e. The number of hydroxylamine groups is 2. The first kappa shape index (κ1) is 19.8. The van der Waals surface area contributed by atoms with Crippen LogP contribution >= 0.6 is 11.6 Å². The molecule has 1 aliphatic heterocycles. The van der Waals surface area contributed by atoms with Gasteiger partial charge in [-0.3, -0.25) is 4.79 Å². The van der Waals surface area contributed by atoms with Gasteiger partial charge in [-0.25, -0.2) is 10.2 Å². The Balaban J connectivity index is 1.28. The molecule has 1 amide bonds. The van der Waals surface area contributed by atoms with Gasteiger partial charge in [0.05, 0.1) is 24.5 Å². The molecule has 1 saturated heterocycles. The fourth-order valence-electron chi connectivity index (χ4n) is 4.16. The molecule has 31 heavy (non-hydrogen) atoms. The number of amides is 1. The van der Waals surface area contributed by atoms with Crippen molar-refractivity contribution in [2.24, 2.45) is 0 Å². The SMILES string of the molecule is O=C(Cn1cccc1-c1cc2cccnc2[nH]1)N1CC[N+](O)(c2ccc(Cl)cc2)CC1. The minimum Gasteiger partial charge on any atom is -0.338 e. The van der Waals surface area contributed by atoms with Crippen molar-refractivity contribution in [1.29, 1.82) is 0 Å². The predicted octanol–water partition coefficient (Wildman–Crippen LogP) is 3.92. The highest BCUT2D eigenvalue weighted by Crippen LogP contribution is 2.26. The molecule has 7 nitrogen and oxygen atoms in total. The minimum atomic E-state index is -0.183. The number of carbonyl (C=O) groups is 1. The van der Waals surface area contributed by atoms with Gasteiger partial charge in [0.1, 0.15) is 25.3 Å². The second-order valence-corrected chi connectivity index (χ2v) is 8.31. The first-order chi connectivity index (χ1) is 15.0. The van der Waals surface area contributed by atoms with E-state index in [1.807, 2.05) is 58.1 Å². The van der Waals surface area contributed by atoms with Gasteiger partial charge >= 0.3 is 0 Å². The van der Waals surface area contributed by atoms with Crippen LogP contribution in [0.2, 0.25) is 5.02 Å². The van der Waals surface area contributed by atoms with E-state index in [4.69, 9.17) is 11.6 Å². The molecular formula is C23H23ClN5O2+. The molecule has 3 aromatic heterocycles. The fourth-order valence-corrected chi connectivity index (χ4v) is 4.29. The Labute approximate surface area is 184 Å². The standard InChI is InChI=1S/C23H23ClN5O2/c24-18-5-7-19(8-6-18)29(31)13-11-27(12-14-29)22(30)16-28-10-2-4-21(28)20-15-17-3-1-9-25-23(17)26-20/h1-10,15,31H,11-14,16H2,(H,25,26)/q+1. The van der Waals surface area contributed by atoms with Crippen LogP contribution in [0.25, 0.3) is 22.4 Å². The van der Waals surface area contributed by atoms with Crippen LogP contribution in [0.5, 0.6) is 0 Å². The summed E-state index contributed by atoms with van der Waals surface area (Å²) in [6.45, 7) is 2.12. The maximum atomic E-state index is 13.0. The molecule has 0 spiro atoms. The Morgan fingerprint density at radius 3 is 2.65 bits per heavy atom. The number of quaternary nitrogens is 1. The topological polar surface area (TPSA) is 74.2 Å². The number of nitrogens with one attached hydrogen (secondary N) is 1. The van der Waals surface area contributed by atoms with Crippen molar-refractivity contribution in [3.05, 3.63) is 72.0 Å². The molecule has 0 radical (unpaired) electrons. The second kappa shape index (κ2) is 7.85. The number of H-pyrrole nitrogens is 1. The zero-order chi connectivity index (χ0) is 21.4. The molecule has 0 saturated carbocycles. The molecule has 1 aliphatic rings. The van der Waals surface area contributed by atoms with Gasteiger partial charge in [0.15, 0.2) is 5.69 Å². The van der Waals surface area contributed by atoms with Crippen LogP contribution in [-0.4, -0.2) is 56.7 Å². The van der Waals surface area contributed by atoms with Crippen LogP contribution in [-0.2, 0) is 11.3 Å². The summed E-state index contributed by atoms with van der Waals surface area (Å²) in [7, 11) is 0. The predicted molar refractivity (Wildman–Crippen MR) is 121 cm³/mol. The van der Waals surface area contributed by atoms with Gasteiger partial charge in [-0.15, -0.1) is 4.65 Å². The first-order valence-electron chi connectivity index (χ1n) is 10.2. The number of rotatable bonds is 4. The lowest BCUT2D eigenvalue weighted by Gasteiger charge is -2.38. The molecular weight excluding hydrogens is 414 g/mol. The third kappa shape index (κ3) is 3.83. The lowest BCUT2D eigenvalue weighted by Crippen LogP contribution is -2.60. The van der Waals surface area contributed by atoms with Crippen molar-refractivity contribution in [2.75, 3.05) is 26.2 Å². The Bertz CT molecular complexity index is 1190. The van der Waals surface area contributed by atoms with E-state index in [0.29, 0.717) is 31.2 Å². The van der Waals surface area contributed by atoms with Crippen LogP contribution in [0.3, 0.4) is 0 Å². The third-order valence-electron chi connectivity index (χ3n) is 5.94. The molecule has 158 valence electrons. The third-order valence-corrected chi connectivity index (χ3v) is 6.19. The Kier molecular flexibility index (Phi) is 5.02. The van der Waals surface area contributed by atoms with Crippen LogP contribution < -0.4 is 4.65 Å². The molecule has 0 aliphatic carbocycles. The molecule has 5 rings (SSSR count). The number of aromatic nitrogens is 3. The molecule has 8 heteroatoms. The normalized spacial score (nSPS) is 16.0. The lowest BCUT2D eigenvalue weighted by molar-refractivity contribution is -0.143. The summed E-state index contributed by atoms with van der Waals surface area (Å²) >= 11 is 5.96. The Hall–Kier alpha value is -3.13. The van der Waals surface area contributed by atoms with E-state index in [2.05, 4.69) is 9.97 Å². The van der Waals surface area contributed by atoms with Crippen molar-refractivity contribution >= 4 is 34.2 Å². The molecule has 0 atom stereocenters. The lowest BCUT2D eigenvalue weighted by atomic mass is 10.2. The van der Waals surface area contributed by atoms with Gasteiger partial charge in [-0.2, -0.15) is 0 Å². The average molecular weight is 437 g/mol. The molecule has 4 heterocycles. The summed E-state index contributed by atoms with van der Waals surface area (Å²) in [4.78, 5) is 22.5. The van der Waals surface area contributed by atoms with E-state index in [9.17, 15) is 10.0 Å². The van der Waals surface area contributed by atoms with E-state index in [0.717, 1.165) is 28.1 Å². The number of pyridine rings is 1. The fraction of sp³-hybridized carbons (Fsp3) is 0.217. The largest absolute Gasteiger partial charge is 0.338 e. The molecule has 1 fully saturated rings. The van der Waals surface area contributed by atoms with E-state index >= 15 is 0 Å². The van der Waals surface area contributed by atoms with Crippen molar-refractivity contribution in [1.82, 2.24) is 24.1 Å². The number of hydrogen-bond acceptors (Lipinski definition) is 3. The molecule has 2 N–H and O–H groups in total. The van der Waals surface area contributed by atoms with Crippen LogP contribution in [0.4, 0.5) is 5.69 Å². The van der Waals surface area contributed by atoms with Gasteiger partial charge in [0.2, 0.25) is 5.91 Å². The summed E-state index contributed by atoms with van der Waals surface area (Å²) in [6.07, 6.45) is 3.67. The molecule has 0 unspecified atom stereocenters. The maximum Gasteiger partial charge on any atom is 0.242 e. The van der Waals surface area contributed by atoms with Crippen molar-refractivity contribution < 1.29 is 10.0 Å². The van der Waals surface area contributed by atoms with E-state index in [1.165, 1.54) is 0 Å². The number of benzene rings is 1. The van der Waals surface area contributed by atoms with Crippen molar-refractivity contribution in [2.45, 2.75) is 6.54 Å². The summed E-state index contributed by atoms with van der Waals surface area (Å²) in [5.41, 5.74) is 3.49. The second-order valence-electron chi connectivity index (χ2n) is 7.87. The van der Waals surface area contributed by atoms with E-state index in [1.54, 1.807) is 18.3 Å². The highest BCUT2D eigenvalue weighted by molar-refractivity contribution is 6.30. The van der Waals surface area contributed by atoms with Gasteiger partial charge in [0, 0.05) is 34.9 Å². The van der Waals surface area contributed by atoms with Gasteiger partial charge in [0.25, 0.3) is 0 Å². The van der Waals surface area contributed by atoms with Crippen LogP contribution in [0.15, 0.2) is 67.0 Å². The Morgan fingerprint density at radius 1 is 1.13 bits per heavy atom. The number of carbonyl (C=O) groups excluding carboxylic acids is 1. The number of aromatic amines is 1. The Morgan fingerprint density at radius 2 is 1.90 bits per heavy atom. The van der Waals surface area contributed by atoms with E-state index in [-0.39, 0.29) is 17.1 Å². The van der Waals surface area contributed by atoms with Crippen LogP contribution in [0.1, 0.15) is 0 Å². The monoisotopic (exact) mass is 436 g/mol. The summed E-state index contributed by atoms with van der Waals surface area (Å²) < 4.78 is 1.76. The van der Waals surface area contributed by atoms with Crippen molar-refractivity contribution in [3.8, 4) is 11.4 Å². The number of fused-ring (bicyclic) bond motifs is 1. The zero-order valence-corrected chi connectivity index (χ0v) is 17.7. The summed E-state index contributed by atoms with van der Waals surface area (Å²) in [5.74, 6) is 0.0362. The number of nitrogens with zero attached hydrogens (tertiary/aromatic N) is 4. The molecule has 1 aromatic carbocycles. The maximum absolute atomic E-state index is 13.0. The highest BCUT2D eigenvalue weighted by atomic mass is 35.5. The summed E-state index contributed by atoms with van der Waals surface area (Å²) in [6, 6.07) is 17.1. The number of halogens is 1. The molecule has 4 aromatic rings. The van der Waals surface area contributed by atoms with Crippen LogP contribution in [0, 0.1) is 0 Å². The number of piperazine rings is 1. The zero-order valence-electron chi connectivity index (χ0n) is 16.9. The summed E-state index contributed by atoms with van der Waals surface area (Å²) in [5, 5.41) is 12.7. The average Bonchev–Trinajstić information content (AvgIpc) is 3.41. The highest BCUT2D eigenvalue weighted by Gasteiger charge is 2.36. The van der Waals surface area contributed by atoms with Gasteiger partial charge < -0.3 is 14.5 Å². The number of hydrogen-bond donors (Lipinski definition) is 2. The van der Waals surface area contributed by atoms with Gasteiger partial charge in [-0.05, 0) is 42.5 Å². The first-order valence-corrected chi connectivity index (χ1v) is 10.6.